The molecule has 0 saturated heterocycles. The monoisotopic (exact) mass is 322 g/mol. The van der Waals surface area contributed by atoms with Crippen molar-refractivity contribution in [2.75, 3.05) is 11.1 Å². The molecule has 0 unspecified atom stereocenters. The van der Waals surface area contributed by atoms with Crippen LogP contribution in [-0.4, -0.2) is 16.0 Å². The van der Waals surface area contributed by atoms with Gasteiger partial charge in [-0.15, -0.1) is 0 Å². The highest BCUT2D eigenvalue weighted by Crippen LogP contribution is 2.31. The third kappa shape index (κ3) is 3.83. The average Bonchev–Trinajstić information content (AvgIpc) is 2.45. The number of ether oxygens (including phenoxy) is 1. The Labute approximate surface area is 130 Å². The number of nitrogens with two attached hydrogens (primary N) is 1. The van der Waals surface area contributed by atoms with E-state index in [9.17, 15) is 14.9 Å². The van der Waals surface area contributed by atoms with Gasteiger partial charge in [-0.25, -0.2) is 9.78 Å². The molecule has 114 valence electrons. The molecule has 0 bridgehead atoms. The van der Waals surface area contributed by atoms with E-state index in [4.69, 9.17) is 22.1 Å². The Morgan fingerprint density at radius 3 is 2.68 bits per heavy atom. The van der Waals surface area contributed by atoms with Crippen molar-refractivity contribution in [2.45, 2.75) is 6.61 Å². The second-order valence-corrected chi connectivity index (χ2v) is 4.57. The van der Waals surface area contributed by atoms with Crippen molar-refractivity contribution in [1.29, 1.82) is 0 Å². The van der Waals surface area contributed by atoms with Crippen LogP contribution in [-0.2, 0) is 11.3 Å². The molecule has 2 rings (SSSR count). The molecule has 22 heavy (non-hydrogen) atoms. The lowest BCUT2D eigenvalue weighted by molar-refractivity contribution is -0.384. The van der Waals surface area contributed by atoms with E-state index in [1.807, 2.05) is 18.2 Å². The number of nitrogen functional groups attached to an aromatic ring is 1. The first-order valence-corrected chi connectivity index (χ1v) is 6.43. The average molecular weight is 323 g/mol. The predicted octanol–water partition coefficient (Wildman–Crippen LogP) is 2.97. The topological polar surface area (TPSA) is 120 Å². The maximum absolute atomic E-state index is 11.6. The van der Waals surface area contributed by atoms with Gasteiger partial charge in [-0.3, -0.25) is 15.4 Å². The fraction of sp³-hybridized carbons (Fsp3) is 0.0769. The van der Waals surface area contributed by atoms with Crippen molar-refractivity contribution < 1.29 is 14.5 Å². The van der Waals surface area contributed by atoms with E-state index in [1.165, 1.54) is 0 Å². The molecular weight excluding hydrogens is 312 g/mol. The van der Waals surface area contributed by atoms with Crippen LogP contribution in [0.1, 0.15) is 5.56 Å². The van der Waals surface area contributed by atoms with Gasteiger partial charge in [0.1, 0.15) is 17.4 Å². The van der Waals surface area contributed by atoms with E-state index in [2.05, 4.69) is 10.3 Å². The number of carbonyl (C=O) groups is 1. The summed E-state index contributed by atoms with van der Waals surface area (Å²) in [6.07, 6.45) is -0.777. The summed E-state index contributed by atoms with van der Waals surface area (Å²) in [5.74, 6) is -0.429. The number of anilines is 2. The lowest BCUT2D eigenvalue weighted by Gasteiger charge is -2.07. The van der Waals surface area contributed by atoms with Crippen LogP contribution in [0.5, 0.6) is 0 Å². The number of rotatable bonds is 4. The summed E-state index contributed by atoms with van der Waals surface area (Å²) in [6.45, 7) is 0.0723. The molecule has 8 nitrogen and oxygen atoms in total. The van der Waals surface area contributed by atoms with Crippen molar-refractivity contribution in [1.82, 2.24) is 4.98 Å². The van der Waals surface area contributed by atoms with Crippen LogP contribution >= 0.6 is 11.6 Å². The maximum Gasteiger partial charge on any atom is 0.413 e. The smallest absolute Gasteiger partial charge is 0.413 e. The Morgan fingerprint density at radius 1 is 1.41 bits per heavy atom. The van der Waals surface area contributed by atoms with Crippen LogP contribution < -0.4 is 11.1 Å². The van der Waals surface area contributed by atoms with Crippen LogP contribution in [0.2, 0.25) is 5.02 Å². The lowest BCUT2D eigenvalue weighted by atomic mass is 10.2. The fourth-order valence-corrected chi connectivity index (χ4v) is 1.90. The van der Waals surface area contributed by atoms with Crippen LogP contribution in [0, 0.1) is 10.1 Å². The molecular formula is C13H11ClN4O4. The molecule has 0 spiro atoms. The molecule has 0 saturated carbocycles. The number of benzene rings is 1. The van der Waals surface area contributed by atoms with Gasteiger partial charge in [0.15, 0.2) is 0 Å². The zero-order valence-corrected chi connectivity index (χ0v) is 11.9. The van der Waals surface area contributed by atoms with Gasteiger partial charge in [0, 0.05) is 6.07 Å². The van der Waals surface area contributed by atoms with Crippen LogP contribution in [0.3, 0.4) is 0 Å². The number of nitro groups is 1. The predicted molar refractivity (Wildman–Crippen MR) is 80.6 cm³/mol. The SMILES string of the molecule is Nc1nc(NC(=O)OCc2ccccc2)cc(Cl)c1[N+](=O)[O-]. The van der Waals surface area contributed by atoms with Gasteiger partial charge >= 0.3 is 11.8 Å². The molecule has 0 aliphatic rings. The van der Waals surface area contributed by atoms with Gasteiger partial charge in [0.25, 0.3) is 0 Å². The summed E-state index contributed by atoms with van der Waals surface area (Å²) in [6, 6.07) is 10.2. The Balaban J connectivity index is 2.01. The molecule has 9 heteroatoms. The fourth-order valence-electron chi connectivity index (χ4n) is 1.63. The van der Waals surface area contributed by atoms with E-state index in [1.54, 1.807) is 12.1 Å². The van der Waals surface area contributed by atoms with E-state index in [0.29, 0.717) is 0 Å². The maximum atomic E-state index is 11.6. The first kappa shape index (κ1) is 15.5. The Kier molecular flexibility index (Phi) is 4.74. The number of amides is 1. The van der Waals surface area contributed by atoms with E-state index < -0.39 is 22.5 Å². The van der Waals surface area contributed by atoms with Crippen LogP contribution in [0.15, 0.2) is 36.4 Å². The molecule has 1 amide bonds. The van der Waals surface area contributed by atoms with E-state index in [-0.39, 0.29) is 17.4 Å². The van der Waals surface area contributed by atoms with Crippen LogP contribution in [0.4, 0.5) is 22.1 Å². The molecule has 0 fully saturated rings. The zero-order valence-electron chi connectivity index (χ0n) is 11.2. The number of nitrogens with one attached hydrogen (secondary N) is 1. The third-order valence-electron chi connectivity index (χ3n) is 2.60. The van der Waals surface area contributed by atoms with Crippen molar-refractivity contribution in [3.63, 3.8) is 0 Å². The highest BCUT2D eigenvalue weighted by Gasteiger charge is 2.20. The summed E-state index contributed by atoms with van der Waals surface area (Å²) in [5.41, 5.74) is 5.74. The summed E-state index contributed by atoms with van der Waals surface area (Å²) in [5, 5.41) is 12.8. The molecule has 0 radical (unpaired) electrons. The largest absolute Gasteiger partial charge is 0.444 e. The number of hydrogen-bond donors (Lipinski definition) is 2. The quantitative estimate of drug-likeness (QED) is 0.659. The van der Waals surface area contributed by atoms with Crippen molar-refractivity contribution >= 4 is 35.0 Å². The first-order chi connectivity index (χ1) is 10.5. The van der Waals surface area contributed by atoms with E-state index >= 15 is 0 Å². The lowest BCUT2D eigenvalue weighted by Crippen LogP contribution is -2.15. The summed E-state index contributed by atoms with van der Waals surface area (Å²) in [7, 11) is 0. The van der Waals surface area contributed by atoms with Crippen molar-refractivity contribution in [2.24, 2.45) is 0 Å². The number of pyridine rings is 1. The van der Waals surface area contributed by atoms with Gasteiger partial charge in [0.2, 0.25) is 5.82 Å². The normalized spacial score (nSPS) is 10.0. The highest BCUT2D eigenvalue weighted by atomic mass is 35.5. The van der Waals surface area contributed by atoms with E-state index in [0.717, 1.165) is 11.6 Å². The van der Waals surface area contributed by atoms with Gasteiger partial charge in [-0.05, 0) is 5.56 Å². The second kappa shape index (κ2) is 6.72. The standard InChI is InChI=1S/C13H11ClN4O4/c14-9-6-10(16-12(15)11(9)18(20)21)17-13(19)22-7-8-4-2-1-3-5-8/h1-6H,7H2,(H3,15,16,17,19). The summed E-state index contributed by atoms with van der Waals surface area (Å²) < 4.78 is 4.98. The number of nitrogens with zero attached hydrogens (tertiary/aromatic N) is 2. The summed E-state index contributed by atoms with van der Waals surface area (Å²) >= 11 is 5.73. The molecule has 1 aromatic carbocycles. The Morgan fingerprint density at radius 2 is 2.09 bits per heavy atom. The minimum atomic E-state index is -0.777. The number of halogens is 1. The number of carbonyl (C=O) groups excluding carboxylic acids is 1. The second-order valence-electron chi connectivity index (χ2n) is 4.17. The number of aromatic nitrogens is 1. The molecule has 1 aromatic heterocycles. The van der Waals surface area contributed by atoms with Crippen molar-refractivity contribution in [3.8, 4) is 0 Å². The first-order valence-electron chi connectivity index (χ1n) is 6.05. The minimum Gasteiger partial charge on any atom is -0.444 e. The number of hydrogen-bond acceptors (Lipinski definition) is 6. The molecule has 2 aromatic rings. The van der Waals surface area contributed by atoms with Crippen LogP contribution in [0.25, 0.3) is 0 Å². The summed E-state index contributed by atoms with van der Waals surface area (Å²) in [4.78, 5) is 25.3. The minimum absolute atomic E-state index is 0.0360. The molecule has 3 N–H and O–H groups in total. The molecule has 0 aliphatic heterocycles. The van der Waals surface area contributed by atoms with Gasteiger partial charge in [-0.2, -0.15) is 0 Å². The molecule has 0 atom stereocenters. The Bertz CT molecular complexity index is 685. The van der Waals surface area contributed by atoms with Gasteiger partial charge in [-0.1, -0.05) is 41.9 Å². The highest BCUT2D eigenvalue weighted by molar-refractivity contribution is 6.33. The van der Waals surface area contributed by atoms with Crippen molar-refractivity contribution in [3.05, 3.63) is 57.1 Å². The van der Waals surface area contributed by atoms with Gasteiger partial charge in [0.05, 0.1) is 4.92 Å². The zero-order chi connectivity index (χ0) is 16.1. The molecule has 0 aliphatic carbocycles. The molecule has 1 heterocycles. The Hall–Kier alpha value is -2.87. The van der Waals surface area contributed by atoms with Gasteiger partial charge < -0.3 is 10.5 Å². The third-order valence-corrected chi connectivity index (χ3v) is 2.89.